The molecule has 1 aromatic rings. The summed E-state index contributed by atoms with van der Waals surface area (Å²) in [6.07, 6.45) is 1.78. The van der Waals surface area contributed by atoms with Crippen LogP contribution in [0.2, 0.25) is 0 Å². The third-order valence-corrected chi connectivity index (χ3v) is 1.46. The molecule has 0 radical (unpaired) electrons. The molecule has 0 aliphatic rings. The number of aliphatic hydroxyl groups excluding tert-OH is 1. The molecule has 0 heterocycles. The van der Waals surface area contributed by atoms with Crippen molar-refractivity contribution >= 4 is 6.08 Å². The van der Waals surface area contributed by atoms with Gasteiger partial charge in [0.15, 0.2) is 0 Å². The molecule has 1 rings (SSSR count). The summed E-state index contributed by atoms with van der Waals surface area (Å²) >= 11 is 0. The van der Waals surface area contributed by atoms with E-state index in [1.165, 1.54) is 0 Å². The van der Waals surface area contributed by atoms with E-state index in [9.17, 15) is 0 Å². The fourth-order valence-corrected chi connectivity index (χ4v) is 0.844. The molecule has 0 atom stereocenters. The Kier molecular flexibility index (Phi) is 3.13. The van der Waals surface area contributed by atoms with Crippen molar-refractivity contribution < 1.29 is 5.11 Å². The second-order valence-corrected chi connectivity index (χ2v) is 2.29. The maximum atomic E-state index is 8.44. The zero-order chi connectivity index (χ0) is 8.81. The molecular formula is C11H10O. The van der Waals surface area contributed by atoms with Crippen molar-refractivity contribution in [1.29, 1.82) is 0 Å². The van der Waals surface area contributed by atoms with Crippen LogP contribution in [0.5, 0.6) is 0 Å². The predicted molar refractivity (Wildman–Crippen MR) is 50.5 cm³/mol. The molecule has 0 aliphatic heterocycles. The van der Waals surface area contributed by atoms with Crippen LogP contribution in [0.1, 0.15) is 11.1 Å². The molecule has 0 fully saturated rings. The molecule has 0 aliphatic carbocycles. The lowest BCUT2D eigenvalue weighted by Gasteiger charge is -1.91. The van der Waals surface area contributed by atoms with Gasteiger partial charge in [-0.3, -0.25) is 0 Å². The molecule has 60 valence electrons. The monoisotopic (exact) mass is 158 g/mol. The first kappa shape index (κ1) is 8.58. The van der Waals surface area contributed by atoms with Crippen LogP contribution in [0.15, 0.2) is 30.8 Å². The summed E-state index contributed by atoms with van der Waals surface area (Å²) in [6, 6.07) is 7.68. The lowest BCUT2D eigenvalue weighted by atomic mass is 10.1. The predicted octanol–water partition coefficient (Wildman–Crippen LogP) is 1.67. The van der Waals surface area contributed by atoms with E-state index in [2.05, 4.69) is 18.4 Å². The van der Waals surface area contributed by atoms with Gasteiger partial charge in [-0.15, -0.1) is 0 Å². The SMILES string of the molecule is C=Cc1ccc(C#CCO)cc1. The Hall–Kier alpha value is -1.52. The quantitative estimate of drug-likeness (QED) is 0.616. The highest BCUT2D eigenvalue weighted by atomic mass is 16.2. The first-order valence-corrected chi connectivity index (χ1v) is 3.69. The largest absolute Gasteiger partial charge is 0.384 e. The molecule has 1 nitrogen and oxygen atoms in total. The average molecular weight is 158 g/mol. The van der Waals surface area contributed by atoms with Crippen LogP contribution in [-0.2, 0) is 0 Å². The summed E-state index contributed by atoms with van der Waals surface area (Å²) < 4.78 is 0. The molecule has 0 spiro atoms. The van der Waals surface area contributed by atoms with E-state index in [1.807, 2.05) is 24.3 Å². The summed E-state index contributed by atoms with van der Waals surface area (Å²) in [6.45, 7) is 3.55. The van der Waals surface area contributed by atoms with E-state index in [0.717, 1.165) is 11.1 Å². The normalized spacial score (nSPS) is 8.42. The standard InChI is InChI=1S/C11H10O/c1-2-10-5-7-11(8-6-10)4-3-9-12/h2,5-8,12H,1,9H2. The van der Waals surface area contributed by atoms with Crippen LogP contribution in [0.25, 0.3) is 6.08 Å². The summed E-state index contributed by atoms with van der Waals surface area (Å²) in [4.78, 5) is 0. The van der Waals surface area contributed by atoms with Gasteiger partial charge >= 0.3 is 0 Å². The highest BCUT2D eigenvalue weighted by Gasteiger charge is 1.85. The van der Waals surface area contributed by atoms with E-state index in [0.29, 0.717) is 0 Å². The fourth-order valence-electron chi connectivity index (χ4n) is 0.844. The van der Waals surface area contributed by atoms with Gasteiger partial charge in [-0.05, 0) is 17.7 Å². The van der Waals surface area contributed by atoms with E-state index in [-0.39, 0.29) is 6.61 Å². The number of benzene rings is 1. The van der Waals surface area contributed by atoms with Crippen LogP contribution < -0.4 is 0 Å². The van der Waals surface area contributed by atoms with Crippen molar-refractivity contribution in [3.8, 4) is 11.8 Å². The van der Waals surface area contributed by atoms with Gasteiger partial charge in [-0.2, -0.15) is 0 Å². The second kappa shape index (κ2) is 4.38. The maximum Gasteiger partial charge on any atom is 0.104 e. The number of hydrogen-bond acceptors (Lipinski definition) is 1. The Labute approximate surface area is 72.4 Å². The first-order chi connectivity index (χ1) is 5.86. The van der Waals surface area contributed by atoms with Gasteiger partial charge < -0.3 is 5.11 Å². The topological polar surface area (TPSA) is 20.2 Å². The molecule has 0 saturated carbocycles. The van der Waals surface area contributed by atoms with Crippen molar-refractivity contribution in [3.63, 3.8) is 0 Å². The Morgan fingerprint density at radius 2 is 2.00 bits per heavy atom. The summed E-state index contributed by atoms with van der Waals surface area (Å²) in [5, 5.41) is 8.44. The minimum Gasteiger partial charge on any atom is -0.384 e. The van der Waals surface area contributed by atoms with Crippen molar-refractivity contribution in [2.45, 2.75) is 0 Å². The second-order valence-electron chi connectivity index (χ2n) is 2.29. The van der Waals surface area contributed by atoms with Gasteiger partial charge in [-0.25, -0.2) is 0 Å². The molecule has 1 aromatic carbocycles. The molecule has 0 amide bonds. The van der Waals surface area contributed by atoms with Crippen molar-refractivity contribution in [2.24, 2.45) is 0 Å². The number of rotatable bonds is 1. The molecular weight excluding hydrogens is 148 g/mol. The fraction of sp³-hybridized carbons (Fsp3) is 0.0909. The lowest BCUT2D eigenvalue weighted by Crippen LogP contribution is -1.77. The highest BCUT2D eigenvalue weighted by Crippen LogP contribution is 2.03. The van der Waals surface area contributed by atoms with Gasteiger partial charge in [0.1, 0.15) is 6.61 Å². The zero-order valence-corrected chi connectivity index (χ0v) is 6.75. The lowest BCUT2D eigenvalue weighted by molar-refractivity contribution is 0.350. The van der Waals surface area contributed by atoms with Gasteiger partial charge in [0, 0.05) is 5.56 Å². The smallest absolute Gasteiger partial charge is 0.104 e. The van der Waals surface area contributed by atoms with E-state index in [4.69, 9.17) is 5.11 Å². The molecule has 0 aromatic heterocycles. The molecule has 1 heteroatoms. The Bertz CT molecular complexity index is 311. The summed E-state index contributed by atoms with van der Waals surface area (Å²) in [5.41, 5.74) is 1.99. The number of hydrogen-bond donors (Lipinski definition) is 1. The van der Waals surface area contributed by atoms with Crippen LogP contribution in [0.4, 0.5) is 0 Å². The van der Waals surface area contributed by atoms with Crippen molar-refractivity contribution in [2.75, 3.05) is 6.61 Å². The Balaban J connectivity index is 2.84. The third-order valence-electron chi connectivity index (χ3n) is 1.46. The van der Waals surface area contributed by atoms with Gasteiger partial charge in [0.25, 0.3) is 0 Å². The van der Waals surface area contributed by atoms with E-state index < -0.39 is 0 Å². The Morgan fingerprint density at radius 1 is 1.33 bits per heavy atom. The van der Waals surface area contributed by atoms with Gasteiger partial charge in [0.05, 0.1) is 0 Å². The number of aliphatic hydroxyl groups is 1. The van der Waals surface area contributed by atoms with Crippen molar-refractivity contribution in [1.82, 2.24) is 0 Å². The highest BCUT2D eigenvalue weighted by molar-refractivity contribution is 5.49. The van der Waals surface area contributed by atoms with Crippen LogP contribution in [-0.4, -0.2) is 11.7 Å². The van der Waals surface area contributed by atoms with Crippen LogP contribution in [0.3, 0.4) is 0 Å². The van der Waals surface area contributed by atoms with Crippen LogP contribution >= 0.6 is 0 Å². The van der Waals surface area contributed by atoms with Gasteiger partial charge in [0.2, 0.25) is 0 Å². The summed E-state index contributed by atoms with van der Waals surface area (Å²) in [7, 11) is 0. The molecule has 0 saturated heterocycles. The zero-order valence-electron chi connectivity index (χ0n) is 6.75. The van der Waals surface area contributed by atoms with Gasteiger partial charge in [-0.1, -0.05) is 36.6 Å². The minimum absolute atomic E-state index is 0.0940. The molecule has 1 N–H and O–H groups in total. The van der Waals surface area contributed by atoms with E-state index >= 15 is 0 Å². The van der Waals surface area contributed by atoms with Crippen LogP contribution in [0, 0.1) is 11.8 Å². The first-order valence-electron chi connectivity index (χ1n) is 3.69. The maximum absolute atomic E-state index is 8.44. The average Bonchev–Trinajstić information content (AvgIpc) is 2.15. The summed E-state index contributed by atoms with van der Waals surface area (Å²) in [5.74, 6) is 5.39. The Morgan fingerprint density at radius 3 is 2.50 bits per heavy atom. The third kappa shape index (κ3) is 2.26. The molecule has 0 bridgehead atoms. The molecule has 12 heavy (non-hydrogen) atoms. The molecule has 0 unspecified atom stereocenters. The minimum atomic E-state index is -0.0940. The van der Waals surface area contributed by atoms with E-state index in [1.54, 1.807) is 6.08 Å². The van der Waals surface area contributed by atoms with Crippen molar-refractivity contribution in [3.05, 3.63) is 42.0 Å².